The van der Waals surface area contributed by atoms with Gasteiger partial charge in [0.1, 0.15) is 4.99 Å². The quantitative estimate of drug-likeness (QED) is 0.389. The van der Waals surface area contributed by atoms with E-state index in [2.05, 4.69) is 5.32 Å². The molecule has 0 radical (unpaired) electrons. The van der Waals surface area contributed by atoms with Crippen LogP contribution >= 0.6 is 12.2 Å². The van der Waals surface area contributed by atoms with Crippen LogP contribution in [0.2, 0.25) is 0 Å². The first kappa shape index (κ1) is 13.0. The summed E-state index contributed by atoms with van der Waals surface area (Å²) in [5.41, 5.74) is 7.40. The van der Waals surface area contributed by atoms with Crippen LogP contribution in [0.1, 0.15) is 5.56 Å². The summed E-state index contributed by atoms with van der Waals surface area (Å²) in [6.07, 6.45) is 0. The van der Waals surface area contributed by atoms with Gasteiger partial charge in [0.15, 0.2) is 0 Å². The maximum Gasteiger partial charge on any atom is 0.271 e. The van der Waals surface area contributed by atoms with Crippen LogP contribution in [-0.4, -0.2) is 9.91 Å². The zero-order chi connectivity index (χ0) is 13.8. The van der Waals surface area contributed by atoms with E-state index in [1.165, 1.54) is 18.2 Å². The Morgan fingerprint density at radius 2 is 1.89 bits per heavy atom. The first-order valence-corrected chi connectivity index (χ1v) is 5.89. The number of nitro benzene ring substituents is 1. The SMILES string of the molecule is Nc1ccc([N+](=O)[O-])cc1NC(=S)c1ccccc1. The van der Waals surface area contributed by atoms with Gasteiger partial charge in [0.2, 0.25) is 0 Å². The molecular formula is C13H11N3O2S. The number of anilines is 2. The molecule has 0 atom stereocenters. The van der Waals surface area contributed by atoms with Crippen LogP contribution in [-0.2, 0) is 0 Å². The second kappa shape index (κ2) is 5.45. The highest BCUT2D eigenvalue weighted by molar-refractivity contribution is 7.81. The molecule has 0 unspecified atom stereocenters. The Morgan fingerprint density at radius 1 is 1.21 bits per heavy atom. The molecule has 0 bridgehead atoms. The second-order valence-electron chi connectivity index (χ2n) is 3.85. The van der Waals surface area contributed by atoms with Gasteiger partial charge in [-0.3, -0.25) is 10.1 Å². The summed E-state index contributed by atoms with van der Waals surface area (Å²) in [5, 5.41) is 13.6. The molecular weight excluding hydrogens is 262 g/mol. The summed E-state index contributed by atoms with van der Waals surface area (Å²) in [7, 11) is 0. The van der Waals surface area contributed by atoms with Gasteiger partial charge in [-0.1, -0.05) is 42.5 Å². The average molecular weight is 273 g/mol. The fourth-order valence-electron chi connectivity index (χ4n) is 1.55. The molecule has 19 heavy (non-hydrogen) atoms. The lowest BCUT2D eigenvalue weighted by Crippen LogP contribution is -2.12. The molecule has 2 aromatic carbocycles. The molecule has 0 aliphatic heterocycles. The summed E-state index contributed by atoms with van der Waals surface area (Å²) >= 11 is 5.23. The van der Waals surface area contributed by atoms with Gasteiger partial charge in [0.05, 0.1) is 16.3 Å². The molecule has 2 aromatic rings. The molecule has 0 saturated heterocycles. The largest absolute Gasteiger partial charge is 0.397 e. The first-order chi connectivity index (χ1) is 9.08. The number of hydrogen-bond acceptors (Lipinski definition) is 4. The van der Waals surface area contributed by atoms with Crippen molar-refractivity contribution in [3.05, 3.63) is 64.2 Å². The fraction of sp³-hybridized carbons (Fsp3) is 0. The van der Waals surface area contributed by atoms with E-state index in [1.54, 1.807) is 0 Å². The van der Waals surface area contributed by atoms with Crippen LogP contribution in [0.4, 0.5) is 17.1 Å². The monoisotopic (exact) mass is 273 g/mol. The van der Waals surface area contributed by atoms with E-state index in [9.17, 15) is 10.1 Å². The Hall–Kier alpha value is -2.47. The Labute approximate surface area is 115 Å². The standard InChI is InChI=1S/C13H11N3O2S/c14-11-7-6-10(16(17)18)8-12(11)15-13(19)9-4-2-1-3-5-9/h1-8H,14H2,(H,15,19). The van der Waals surface area contributed by atoms with E-state index in [-0.39, 0.29) is 5.69 Å². The molecule has 5 nitrogen and oxygen atoms in total. The van der Waals surface area contributed by atoms with E-state index in [4.69, 9.17) is 18.0 Å². The van der Waals surface area contributed by atoms with E-state index in [1.807, 2.05) is 30.3 Å². The Balaban J connectivity index is 2.26. The zero-order valence-corrected chi connectivity index (χ0v) is 10.7. The van der Waals surface area contributed by atoms with Gasteiger partial charge < -0.3 is 11.1 Å². The highest BCUT2D eigenvalue weighted by atomic mass is 32.1. The molecule has 6 heteroatoms. The zero-order valence-electron chi connectivity index (χ0n) is 9.87. The van der Waals surface area contributed by atoms with Crippen molar-refractivity contribution < 1.29 is 4.92 Å². The summed E-state index contributed by atoms with van der Waals surface area (Å²) in [6.45, 7) is 0. The molecule has 0 aromatic heterocycles. The van der Waals surface area contributed by atoms with Crippen molar-refractivity contribution in [3.8, 4) is 0 Å². The summed E-state index contributed by atoms with van der Waals surface area (Å²) in [4.78, 5) is 10.7. The van der Waals surface area contributed by atoms with E-state index >= 15 is 0 Å². The molecule has 0 heterocycles. The van der Waals surface area contributed by atoms with Gasteiger partial charge in [0, 0.05) is 17.7 Å². The lowest BCUT2D eigenvalue weighted by Gasteiger charge is -2.10. The van der Waals surface area contributed by atoms with Crippen molar-refractivity contribution in [1.82, 2.24) is 0 Å². The van der Waals surface area contributed by atoms with Crippen molar-refractivity contribution in [3.63, 3.8) is 0 Å². The minimum absolute atomic E-state index is 0.0347. The van der Waals surface area contributed by atoms with Crippen LogP contribution in [0.5, 0.6) is 0 Å². The maximum absolute atomic E-state index is 10.7. The Kier molecular flexibility index (Phi) is 3.72. The fourth-order valence-corrected chi connectivity index (χ4v) is 1.80. The van der Waals surface area contributed by atoms with Gasteiger partial charge in [-0.15, -0.1) is 0 Å². The van der Waals surface area contributed by atoms with E-state index in [0.29, 0.717) is 16.4 Å². The Bertz CT molecular complexity index is 629. The van der Waals surface area contributed by atoms with Gasteiger partial charge in [-0.05, 0) is 6.07 Å². The van der Waals surface area contributed by atoms with Crippen molar-refractivity contribution in [2.45, 2.75) is 0 Å². The van der Waals surface area contributed by atoms with Crippen molar-refractivity contribution in [2.75, 3.05) is 11.1 Å². The average Bonchev–Trinajstić information content (AvgIpc) is 2.42. The highest BCUT2D eigenvalue weighted by Gasteiger charge is 2.10. The smallest absolute Gasteiger partial charge is 0.271 e. The summed E-state index contributed by atoms with van der Waals surface area (Å²) in [6, 6.07) is 13.5. The number of nitrogen functional groups attached to an aromatic ring is 1. The number of nitrogens with one attached hydrogen (secondary N) is 1. The number of non-ortho nitro benzene ring substituents is 1. The minimum atomic E-state index is -0.476. The van der Waals surface area contributed by atoms with Crippen LogP contribution in [0.15, 0.2) is 48.5 Å². The predicted molar refractivity (Wildman–Crippen MR) is 79.3 cm³/mol. The number of benzene rings is 2. The number of nitrogens with two attached hydrogens (primary N) is 1. The minimum Gasteiger partial charge on any atom is -0.397 e. The highest BCUT2D eigenvalue weighted by Crippen LogP contribution is 2.25. The second-order valence-corrected chi connectivity index (χ2v) is 4.26. The predicted octanol–water partition coefficient (Wildman–Crippen LogP) is 2.96. The summed E-state index contributed by atoms with van der Waals surface area (Å²) < 4.78 is 0. The molecule has 96 valence electrons. The van der Waals surface area contributed by atoms with Gasteiger partial charge in [-0.2, -0.15) is 0 Å². The number of thiocarbonyl (C=S) groups is 1. The normalized spacial score (nSPS) is 9.89. The molecule has 0 spiro atoms. The topological polar surface area (TPSA) is 81.2 Å². The third-order valence-corrected chi connectivity index (χ3v) is 2.87. The van der Waals surface area contributed by atoms with Gasteiger partial charge in [-0.25, -0.2) is 0 Å². The number of hydrogen-bond donors (Lipinski definition) is 2. The number of nitro groups is 1. The third-order valence-electron chi connectivity index (χ3n) is 2.53. The molecule has 0 saturated carbocycles. The van der Waals surface area contributed by atoms with Crippen LogP contribution in [0.25, 0.3) is 0 Å². The number of rotatable bonds is 3. The Morgan fingerprint density at radius 3 is 2.53 bits per heavy atom. The summed E-state index contributed by atoms with van der Waals surface area (Å²) in [5.74, 6) is 0. The van der Waals surface area contributed by atoms with Crippen LogP contribution in [0.3, 0.4) is 0 Å². The lowest BCUT2D eigenvalue weighted by atomic mass is 10.2. The van der Waals surface area contributed by atoms with E-state index in [0.717, 1.165) is 5.56 Å². The first-order valence-electron chi connectivity index (χ1n) is 5.48. The molecule has 2 rings (SSSR count). The third kappa shape index (κ3) is 3.05. The molecule has 0 fully saturated rings. The van der Waals surface area contributed by atoms with Gasteiger partial charge >= 0.3 is 0 Å². The van der Waals surface area contributed by atoms with E-state index < -0.39 is 4.92 Å². The van der Waals surface area contributed by atoms with Gasteiger partial charge in [0.25, 0.3) is 5.69 Å². The molecule has 0 aliphatic carbocycles. The van der Waals surface area contributed by atoms with Crippen molar-refractivity contribution in [1.29, 1.82) is 0 Å². The maximum atomic E-state index is 10.7. The lowest BCUT2D eigenvalue weighted by molar-refractivity contribution is -0.384. The van der Waals surface area contributed by atoms with Crippen molar-refractivity contribution in [2.24, 2.45) is 0 Å². The van der Waals surface area contributed by atoms with Crippen LogP contribution in [0, 0.1) is 10.1 Å². The molecule has 0 aliphatic rings. The molecule has 0 amide bonds. The van der Waals surface area contributed by atoms with Crippen LogP contribution < -0.4 is 11.1 Å². The molecule has 3 N–H and O–H groups in total. The number of nitrogens with zero attached hydrogens (tertiary/aromatic N) is 1. The van der Waals surface area contributed by atoms with Crippen molar-refractivity contribution >= 4 is 34.3 Å².